The number of fused-ring (bicyclic) bond motifs is 1. The molecule has 25 heavy (non-hydrogen) atoms. The maximum Gasteiger partial charge on any atom is 0.240 e. The molecule has 1 atom stereocenters. The number of nitrogens with one attached hydrogen (secondary N) is 1. The minimum Gasteiger partial charge on any atom is -0.334 e. The largest absolute Gasteiger partial charge is 0.334 e. The second-order valence-electron chi connectivity index (χ2n) is 7.07. The predicted molar refractivity (Wildman–Crippen MR) is 99.0 cm³/mol. The third kappa shape index (κ3) is 4.38. The minimum absolute atomic E-state index is 0.261. The van der Waals surface area contributed by atoms with Crippen LogP contribution in [0.4, 0.5) is 0 Å². The number of hydrogen-bond donors (Lipinski definition) is 1. The molecule has 3 rings (SSSR count). The van der Waals surface area contributed by atoms with Crippen molar-refractivity contribution < 1.29 is 8.42 Å². The average Bonchev–Trinajstić information content (AvgIpc) is 2.96. The molecule has 2 heterocycles. The van der Waals surface area contributed by atoms with Crippen molar-refractivity contribution in [3.05, 3.63) is 24.5 Å². The third-order valence-electron chi connectivity index (χ3n) is 4.79. The van der Waals surface area contributed by atoms with Crippen LogP contribution in [0.1, 0.15) is 6.92 Å². The Morgan fingerprint density at radius 1 is 1.20 bits per heavy atom. The summed E-state index contributed by atoms with van der Waals surface area (Å²) in [7, 11) is 0.510. The number of sulfonamides is 1. The Morgan fingerprint density at radius 3 is 2.64 bits per heavy atom. The molecule has 1 fully saturated rings. The van der Waals surface area contributed by atoms with Gasteiger partial charge in [-0.15, -0.1) is 0 Å². The molecule has 0 aliphatic carbocycles. The molecule has 138 valence electrons. The molecule has 0 bridgehead atoms. The lowest BCUT2D eigenvalue weighted by molar-refractivity contribution is 0.139. The van der Waals surface area contributed by atoms with Crippen molar-refractivity contribution in [2.24, 2.45) is 13.0 Å². The number of benzene rings is 1. The summed E-state index contributed by atoms with van der Waals surface area (Å²) in [5, 5.41) is 0. The Hall–Kier alpha value is -1.48. The average molecular weight is 366 g/mol. The van der Waals surface area contributed by atoms with Crippen LogP contribution < -0.4 is 4.72 Å². The van der Waals surface area contributed by atoms with Crippen molar-refractivity contribution in [1.29, 1.82) is 0 Å². The molecule has 2 aromatic rings. The number of aryl methyl sites for hydroxylation is 1. The highest BCUT2D eigenvalue weighted by molar-refractivity contribution is 7.89. The van der Waals surface area contributed by atoms with E-state index in [2.05, 4.69) is 33.5 Å². The fourth-order valence-electron chi connectivity index (χ4n) is 3.15. The van der Waals surface area contributed by atoms with E-state index in [0.717, 1.165) is 38.2 Å². The van der Waals surface area contributed by atoms with Gasteiger partial charge in [0, 0.05) is 46.3 Å². The van der Waals surface area contributed by atoms with Gasteiger partial charge in [0.15, 0.2) is 0 Å². The number of imidazole rings is 1. The van der Waals surface area contributed by atoms with Gasteiger partial charge in [0.1, 0.15) is 0 Å². The van der Waals surface area contributed by atoms with Crippen LogP contribution in [0.3, 0.4) is 0 Å². The maximum absolute atomic E-state index is 12.6. The molecule has 0 amide bonds. The van der Waals surface area contributed by atoms with E-state index in [1.807, 2.05) is 11.6 Å². The van der Waals surface area contributed by atoms with Crippen LogP contribution in [0.2, 0.25) is 0 Å². The summed E-state index contributed by atoms with van der Waals surface area (Å²) in [5.41, 5.74) is 1.61. The molecule has 0 saturated carbocycles. The molecule has 1 aliphatic heterocycles. The van der Waals surface area contributed by atoms with Crippen LogP contribution in [-0.4, -0.2) is 74.1 Å². The van der Waals surface area contributed by atoms with E-state index in [0.29, 0.717) is 12.1 Å². The lowest BCUT2D eigenvalue weighted by atomic mass is 10.1. The molecule has 1 aromatic carbocycles. The summed E-state index contributed by atoms with van der Waals surface area (Å²) in [5.74, 6) is 0.261. The summed E-state index contributed by atoms with van der Waals surface area (Å²) in [6.45, 7) is 7.67. The van der Waals surface area contributed by atoms with E-state index < -0.39 is 10.0 Å². The van der Waals surface area contributed by atoms with Crippen molar-refractivity contribution in [3.8, 4) is 0 Å². The molecular formula is C17H27N5O2S. The first-order valence-electron chi connectivity index (χ1n) is 8.67. The lowest BCUT2D eigenvalue weighted by Gasteiger charge is -2.33. The normalized spacial score (nSPS) is 18.7. The van der Waals surface area contributed by atoms with Crippen LogP contribution in [0.25, 0.3) is 11.0 Å². The van der Waals surface area contributed by atoms with Gasteiger partial charge < -0.3 is 14.4 Å². The van der Waals surface area contributed by atoms with E-state index in [-0.39, 0.29) is 10.8 Å². The van der Waals surface area contributed by atoms with Crippen molar-refractivity contribution >= 4 is 21.1 Å². The highest BCUT2D eigenvalue weighted by Crippen LogP contribution is 2.17. The van der Waals surface area contributed by atoms with Crippen LogP contribution in [-0.2, 0) is 17.1 Å². The van der Waals surface area contributed by atoms with Crippen LogP contribution in [0.15, 0.2) is 29.4 Å². The lowest BCUT2D eigenvalue weighted by Crippen LogP contribution is -2.46. The summed E-state index contributed by atoms with van der Waals surface area (Å²) in [4.78, 5) is 9.22. The Labute approximate surface area is 149 Å². The van der Waals surface area contributed by atoms with E-state index in [1.54, 1.807) is 24.5 Å². The minimum atomic E-state index is -3.51. The zero-order valence-corrected chi connectivity index (χ0v) is 16.0. The van der Waals surface area contributed by atoms with Crippen molar-refractivity contribution in [2.75, 3.05) is 46.3 Å². The van der Waals surface area contributed by atoms with E-state index in [1.165, 1.54) is 0 Å². The smallest absolute Gasteiger partial charge is 0.240 e. The highest BCUT2D eigenvalue weighted by Gasteiger charge is 2.19. The van der Waals surface area contributed by atoms with Gasteiger partial charge in [-0.05, 0) is 31.2 Å². The number of likely N-dealkylation sites (N-methyl/N-ethyl adjacent to an activating group) is 1. The zero-order chi connectivity index (χ0) is 18.0. The summed E-state index contributed by atoms with van der Waals surface area (Å²) in [6.07, 6.45) is 1.69. The first-order valence-corrected chi connectivity index (χ1v) is 10.1. The molecule has 0 unspecified atom stereocenters. The Kier molecular flexibility index (Phi) is 5.43. The molecular weight excluding hydrogens is 338 g/mol. The second kappa shape index (κ2) is 7.41. The monoisotopic (exact) mass is 365 g/mol. The van der Waals surface area contributed by atoms with Gasteiger partial charge in [-0.2, -0.15) is 0 Å². The van der Waals surface area contributed by atoms with E-state index >= 15 is 0 Å². The van der Waals surface area contributed by atoms with E-state index in [9.17, 15) is 8.42 Å². The second-order valence-corrected chi connectivity index (χ2v) is 8.83. The van der Waals surface area contributed by atoms with Gasteiger partial charge in [0.25, 0.3) is 0 Å². The van der Waals surface area contributed by atoms with Crippen molar-refractivity contribution in [2.45, 2.75) is 11.8 Å². The number of aromatic nitrogens is 2. The number of nitrogens with zero attached hydrogens (tertiary/aromatic N) is 4. The summed E-state index contributed by atoms with van der Waals surface area (Å²) < 4.78 is 29.7. The Bertz CT molecular complexity index is 825. The number of hydrogen-bond acceptors (Lipinski definition) is 5. The first-order chi connectivity index (χ1) is 11.8. The van der Waals surface area contributed by atoms with Crippen molar-refractivity contribution in [1.82, 2.24) is 24.1 Å². The van der Waals surface area contributed by atoms with Gasteiger partial charge in [-0.25, -0.2) is 18.1 Å². The van der Waals surface area contributed by atoms with Gasteiger partial charge in [-0.3, -0.25) is 0 Å². The highest BCUT2D eigenvalue weighted by atomic mass is 32.2. The molecule has 1 aliphatic rings. The Balaban J connectivity index is 1.58. The zero-order valence-electron chi connectivity index (χ0n) is 15.1. The van der Waals surface area contributed by atoms with Gasteiger partial charge in [-0.1, -0.05) is 6.92 Å². The van der Waals surface area contributed by atoms with Gasteiger partial charge >= 0.3 is 0 Å². The maximum atomic E-state index is 12.6. The standard InChI is InChI=1S/C17H27N5O2S/c1-14(12-22-8-6-20(2)7-9-22)11-19-25(23,24)15-4-5-17-16(10-15)18-13-21(17)3/h4-5,10,13-14,19H,6-9,11-12H2,1-3H3/t14-/m0/s1. The summed E-state index contributed by atoms with van der Waals surface area (Å²) in [6, 6.07) is 5.06. The molecule has 0 radical (unpaired) electrons. The first kappa shape index (κ1) is 18.3. The van der Waals surface area contributed by atoms with Crippen LogP contribution >= 0.6 is 0 Å². The molecule has 7 nitrogen and oxygen atoms in total. The fraction of sp³-hybridized carbons (Fsp3) is 0.588. The fourth-order valence-corrected chi connectivity index (χ4v) is 4.34. The topological polar surface area (TPSA) is 70.5 Å². The van der Waals surface area contributed by atoms with Gasteiger partial charge in [0.05, 0.1) is 22.3 Å². The van der Waals surface area contributed by atoms with Crippen LogP contribution in [0, 0.1) is 5.92 Å². The molecule has 8 heteroatoms. The molecule has 0 spiro atoms. The van der Waals surface area contributed by atoms with Crippen molar-refractivity contribution in [3.63, 3.8) is 0 Å². The SMILES string of the molecule is C[C@@H](CNS(=O)(=O)c1ccc2c(c1)ncn2C)CN1CCN(C)CC1. The predicted octanol–water partition coefficient (Wildman–Crippen LogP) is 0.735. The molecule has 1 saturated heterocycles. The number of rotatable bonds is 6. The molecule has 1 aromatic heterocycles. The van der Waals surface area contributed by atoms with E-state index in [4.69, 9.17) is 0 Å². The molecule has 1 N–H and O–H groups in total. The quantitative estimate of drug-likeness (QED) is 0.817. The Morgan fingerprint density at radius 2 is 1.92 bits per heavy atom. The number of piperazine rings is 1. The summed E-state index contributed by atoms with van der Waals surface area (Å²) >= 11 is 0. The van der Waals surface area contributed by atoms with Crippen LogP contribution in [0.5, 0.6) is 0 Å². The van der Waals surface area contributed by atoms with Gasteiger partial charge in [0.2, 0.25) is 10.0 Å². The third-order valence-corrected chi connectivity index (χ3v) is 6.22.